The highest BCUT2D eigenvalue weighted by molar-refractivity contribution is 5.91. The normalized spacial score (nSPS) is 16.2. The first kappa shape index (κ1) is 18.6. The molecule has 128 valence electrons. The van der Waals surface area contributed by atoms with Crippen LogP contribution in [0.3, 0.4) is 0 Å². The fourth-order valence-electron chi connectivity index (χ4n) is 1.66. The molecule has 10 nitrogen and oxygen atoms in total. The van der Waals surface area contributed by atoms with Crippen LogP contribution in [-0.4, -0.2) is 79.0 Å². The Balaban J connectivity index is 3.04. The quantitative estimate of drug-likeness (QED) is 0.161. The van der Waals surface area contributed by atoms with Crippen molar-refractivity contribution in [3.05, 3.63) is 17.7 Å². The van der Waals surface area contributed by atoms with Crippen LogP contribution in [0.1, 0.15) is 10.4 Å². The average molecular weight is 332 g/mol. The number of rotatable bonds is 7. The number of esters is 1. The molecule has 0 aliphatic heterocycles. The van der Waals surface area contributed by atoms with Gasteiger partial charge in [0.25, 0.3) is 0 Å². The summed E-state index contributed by atoms with van der Waals surface area (Å²) in [6, 6.07) is 1.47. The van der Waals surface area contributed by atoms with Gasteiger partial charge < -0.3 is 45.3 Å². The molecular formula is C13H16O10. The van der Waals surface area contributed by atoms with Gasteiger partial charge in [0.05, 0.1) is 12.2 Å². The van der Waals surface area contributed by atoms with Gasteiger partial charge in [-0.3, -0.25) is 0 Å². The SMILES string of the molecule is O=C[C@H](O)[C@@H](OC(=O)c1cc(O)c(O)c(O)c1)[C@H](O)[C@H](O)CO. The Morgan fingerprint density at radius 1 is 1.13 bits per heavy atom. The largest absolute Gasteiger partial charge is 0.504 e. The summed E-state index contributed by atoms with van der Waals surface area (Å²) in [6.45, 7) is -0.929. The number of aldehydes is 1. The summed E-state index contributed by atoms with van der Waals surface area (Å²) in [7, 11) is 0. The molecule has 1 aromatic carbocycles. The second-order valence-corrected chi connectivity index (χ2v) is 4.60. The predicted octanol–water partition coefficient (Wildman–Crippen LogP) is -2.40. The number of phenolic OH excluding ortho intramolecular Hbond substituents is 3. The van der Waals surface area contributed by atoms with E-state index in [2.05, 4.69) is 4.74 Å². The molecule has 1 rings (SSSR count). The van der Waals surface area contributed by atoms with E-state index in [0.717, 1.165) is 12.1 Å². The fourth-order valence-corrected chi connectivity index (χ4v) is 1.66. The van der Waals surface area contributed by atoms with Crippen LogP contribution in [-0.2, 0) is 9.53 Å². The number of carbonyl (C=O) groups excluding carboxylic acids is 2. The number of carbonyl (C=O) groups is 2. The van der Waals surface area contributed by atoms with Gasteiger partial charge in [-0.15, -0.1) is 0 Å². The van der Waals surface area contributed by atoms with Gasteiger partial charge in [0.2, 0.25) is 0 Å². The van der Waals surface area contributed by atoms with Crippen molar-refractivity contribution in [2.45, 2.75) is 24.4 Å². The van der Waals surface area contributed by atoms with Gasteiger partial charge in [0.1, 0.15) is 18.3 Å². The third kappa shape index (κ3) is 4.29. The second kappa shape index (κ2) is 7.74. The first-order chi connectivity index (χ1) is 10.7. The Morgan fingerprint density at radius 3 is 2.09 bits per heavy atom. The third-order valence-electron chi connectivity index (χ3n) is 2.94. The molecule has 0 aromatic heterocycles. The van der Waals surface area contributed by atoms with Crippen LogP contribution in [0.15, 0.2) is 12.1 Å². The Labute approximate surface area is 129 Å². The molecule has 0 saturated carbocycles. The van der Waals surface area contributed by atoms with E-state index < -0.39 is 59.8 Å². The van der Waals surface area contributed by atoms with Gasteiger partial charge in [-0.05, 0) is 12.1 Å². The predicted molar refractivity (Wildman–Crippen MR) is 71.8 cm³/mol. The van der Waals surface area contributed by atoms with E-state index in [1.807, 2.05) is 0 Å². The molecule has 4 atom stereocenters. The molecule has 7 N–H and O–H groups in total. The number of aromatic hydroxyl groups is 3. The molecule has 0 bridgehead atoms. The van der Waals surface area contributed by atoms with Crippen molar-refractivity contribution in [2.75, 3.05) is 6.61 Å². The number of hydrogen-bond acceptors (Lipinski definition) is 10. The topological polar surface area (TPSA) is 185 Å². The van der Waals surface area contributed by atoms with Crippen molar-refractivity contribution in [1.82, 2.24) is 0 Å². The molecule has 1 aromatic rings. The van der Waals surface area contributed by atoms with Crippen molar-refractivity contribution in [1.29, 1.82) is 0 Å². The van der Waals surface area contributed by atoms with E-state index in [0.29, 0.717) is 0 Å². The van der Waals surface area contributed by atoms with Crippen molar-refractivity contribution >= 4 is 12.3 Å². The van der Waals surface area contributed by atoms with Crippen molar-refractivity contribution < 1.29 is 50.1 Å². The minimum atomic E-state index is -2.01. The van der Waals surface area contributed by atoms with Crippen LogP contribution in [0.5, 0.6) is 17.2 Å². The van der Waals surface area contributed by atoms with Gasteiger partial charge in [-0.2, -0.15) is 0 Å². The van der Waals surface area contributed by atoms with Crippen molar-refractivity contribution in [2.24, 2.45) is 0 Å². The molecule has 0 spiro atoms. The van der Waals surface area contributed by atoms with Gasteiger partial charge in [-0.1, -0.05) is 0 Å². The lowest BCUT2D eigenvalue weighted by Crippen LogP contribution is -2.48. The lowest BCUT2D eigenvalue weighted by molar-refractivity contribution is -0.138. The highest BCUT2D eigenvalue weighted by Gasteiger charge is 2.35. The van der Waals surface area contributed by atoms with Crippen LogP contribution in [0, 0.1) is 0 Å². The molecule has 0 heterocycles. The number of benzene rings is 1. The molecule has 10 heteroatoms. The van der Waals surface area contributed by atoms with Crippen LogP contribution < -0.4 is 0 Å². The van der Waals surface area contributed by atoms with Crippen LogP contribution in [0.4, 0.5) is 0 Å². The summed E-state index contributed by atoms with van der Waals surface area (Å²) < 4.78 is 4.68. The van der Waals surface area contributed by atoms with Gasteiger partial charge in [-0.25, -0.2) is 4.79 Å². The molecule has 0 aliphatic carbocycles. The van der Waals surface area contributed by atoms with E-state index in [1.54, 1.807) is 0 Å². The number of ether oxygens (including phenoxy) is 1. The minimum Gasteiger partial charge on any atom is -0.504 e. The molecule has 23 heavy (non-hydrogen) atoms. The van der Waals surface area contributed by atoms with Gasteiger partial charge in [0, 0.05) is 0 Å². The molecule has 0 unspecified atom stereocenters. The monoisotopic (exact) mass is 332 g/mol. The molecular weight excluding hydrogens is 316 g/mol. The van der Waals surface area contributed by atoms with E-state index in [9.17, 15) is 40.2 Å². The lowest BCUT2D eigenvalue weighted by Gasteiger charge is -2.27. The van der Waals surface area contributed by atoms with E-state index in [1.165, 1.54) is 0 Å². The van der Waals surface area contributed by atoms with E-state index in [4.69, 9.17) is 5.11 Å². The zero-order valence-electron chi connectivity index (χ0n) is 11.6. The van der Waals surface area contributed by atoms with E-state index in [-0.39, 0.29) is 6.29 Å². The Hall–Kier alpha value is -2.40. The summed E-state index contributed by atoms with van der Waals surface area (Å²) in [5.74, 6) is -3.83. The van der Waals surface area contributed by atoms with E-state index >= 15 is 0 Å². The first-order valence-electron chi connectivity index (χ1n) is 6.29. The molecule has 0 saturated heterocycles. The van der Waals surface area contributed by atoms with Crippen LogP contribution in [0.25, 0.3) is 0 Å². The van der Waals surface area contributed by atoms with Crippen LogP contribution in [0.2, 0.25) is 0 Å². The summed E-state index contributed by atoms with van der Waals surface area (Å²) in [6.07, 6.45) is -7.76. The molecule has 0 radical (unpaired) electrons. The Morgan fingerprint density at radius 2 is 1.65 bits per heavy atom. The van der Waals surface area contributed by atoms with Crippen molar-refractivity contribution in [3.63, 3.8) is 0 Å². The first-order valence-corrected chi connectivity index (χ1v) is 6.29. The zero-order chi connectivity index (χ0) is 17.7. The van der Waals surface area contributed by atoms with Gasteiger partial charge >= 0.3 is 5.97 Å². The van der Waals surface area contributed by atoms with Gasteiger partial charge in [0.15, 0.2) is 29.6 Å². The average Bonchev–Trinajstić information content (AvgIpc) is 2.54. The maximum Gasteiger partial charge on any atom is 0.338 e. The zero-order valence-corrected chi connectivity index (χ0v) is 11.6. The highest BCUT2D eigenvalue weighted by Crippen LogP contribution is 2.35. The smallest absolute Gasteiger partial charge is 0.338 e. The minimum absolute atomic E-state index is 0.0585. The lowest BCUT2D eigenvalue weighted by atomic mass is 10.0. The third-order valence-corrected chi connectivity index (χ3v) is 2.94. The summed E-state index contributed by atoms with van der Waals surface area (Å²) in [5.41, 5.74) is -0.466. The molecule has 0 amide bonds. The number of aliphatic hydroxyl groups excluding tert-OH is 4. The Bertz CT molecular complexity index is 549. The number of hydrogen-bond donors (Lipinski definition) is 7. The fraction of sp³-hybridized carbons (Fsp3) is 0.385. The standard InChI is InChI=1S/C13H16O10/c14-3-8(18)11(21)12(9(19)4-15)23-13(22)5-1-6(16)10(20)7(17)2-5/h1-2,4,8-9,11-12,14,16-21H,3H2/t8-,9+,11-,12-/m1/s1. The maximum absolute atomic E-state index is 11.9. The van der Waals surface area contributed by atoms with Crippen LogP contribution >= 0.6 is 0 Å². The molecule has 0 aliphatic rings. The number of aliphatic hydroxyl groups is 4. The maximum atomic E-state index is 11.9. The molecule has 0 fully saturated rings. The van der Waals surface area contributed by atoms with Crippen molar-refractivity contribution in [3.8, 4) is 17.2 Å². The second-order valence-electron chi connectivity index (χ2n) is 4.60. The Kier molecular flexibility index (Phi) is 6.28. The summed E-state index contributed by atoms with van der Waals surface area (Å²) >= 11 is 0. The summed E-state index contributed by atoms with van der Waals surface area (Å²) in [4.78, 5) is 22.5. The highest BCUT2D eigenvalue weighted by atomic mass is 16.6. The number of phenols is 3. The summed E-state index contributed by atoms with van der Waals surface area (Å²) in [5, 5.41) is 65.0.